The fraction of sp³-hybridized carbons (Fsp3) is 0.133. The second kappa shape index (κ2) is 4.44. The van der Waals surface area contributed by atoms with Gasteiger partial charge in [-0.2, -0.15) is 0 Å². The lowest BCUT2D eigenvalue weighted by Crippen LogP contribution is -2.25. The molecule has 0 radical (unpaired) electrons. The van der Waals surface area contributed by atoms with Crippen LogP contribution in [0, 0.1) is 6.92 Å². The zero-order valence-corrected chi connectivity index (χ0v) is 11.2. The predicted octanol–water partition coefficient (Wildman–Crippen LogP) is 4.17. The van der Waals surface area contributed by atoms with Crippen LogP contribution >= 0.6 is 0 Å². The summed E-state index contributed by atoms with van der Waals surface area (Å²) in [5.74, 6) is 0.806. The van der Waals surface area contributed by atoms with Crippen molar-refractivity contribution in [3.05, 3.63) is 49.1 Å². The molecule has 6 heteroatoms. The molecule has 3 rings (SSSR count). The highest BCUT2D eigenvalue weighted by molar-refractivity contribution is 5.80. The zero-order valence-electron chi connectivity index (χ0n) is 11.2. The molecule has 1 aromatic heterocycles. The van der Waals surface area contributed by atoms with E-state index in [0.29, 0.717) is 28.5 Å². The molecular weight excluding hydrogens is 280 g/mol. The minimum absolute atomic E-state index is 0.0203. The van der Waals surface area contributed by atoms with Crippen molar-refractivity contribution >= 4 is 5.57 Å². The van der Waals surface area contributed by atoms with E-state index in [-0.39, 0.29) is 11.5 Å². The molecule has 0 amide bonds. The topological polar surface area (TPSA) is 44.5 Å². The molecule has 4 nitrogen and oxygen atoms in total. The van der Waals surface area contributed by atoms with Crippen molar-refractivity contribution in [2.45, 2.75) is 13.2 Å². The first-order valence-electron chi connectivity index (χ1n) is 6.09. The van der Waals surface area contributed by atoms with Crippen LogP contribution < -0.4 is 9.47 Å². The average molecular weight is 291 g/mol. The molecule has 1 aliphatic rings. The van der Waals surface area contributed by atoms with E-state index in [4.69, 9.17) is 4.42 Å². The van der Waals surface area contributed by atoms with Gasteiger partial charge < -0.3 is 13.9 Å². The van der Waals surface area contributed by atoms with Crippen molar-refractivity contribution in [3.63, 3.8) is 0 Å². The highest BCUT2D eigenvalue weighted by Gasteiger charge is 2.43. The van der Waals surface area contributed by atoms with Crippen molar-refractivity contribution in [1.82, 2.24) is 4.98 Å². The van der Waals surface area contributed by atoms with Gasteiger partial charge in [-0.05, 0) is 18.2 Å². The van der Waals surface area contributed by atoms with Crippen LogP contribution in [0.1, 0.15) is 11.7 Å². The Morgan fingerprint density at radius 2 is 2.00 bits per heavy atom. The number of hydrogen-bond donors (Lipinski definition) is 0. The first kappa shape index (κ1) is 13.4. The summed E-state index contributed by atoms with van der Waals surface area (Å²) >= 11 is 0. The van der Waals surface area contributed by atoms with Crippen molar-refractivity contribution in [3.8, 4) is 22.8 Å². The Morgan fingerprint density at radius 3 is 2.71 bits per heavy atom. The second-order valence-corrected chi connectivity index (χ2v) is 4.47. The van der Waals surface area contributed by atoms with E-state index in [1.165, 1.54) is 18.2 Å². The quantitative estimate of drug-likeness (QED) is 0.796. The number of allylic oxidation sites excluding steroid dienone is 2. The molecule has 1 aliphatic heterocycles. The third-order valence-corrected chi connectivity index (χ3v) is 2.95. The number of benzene rings is 1. The lowest BCUT2D eigenvalue weighted by atomic mass is 10.1. The third kappa shape index (κ3) is 2.29. The number of oxazole rings is 1. The van der Waals surface area contributed by atoms with Gasteiger partial charge in [0.1, 0.15) is 5.69 Å². The summed E-state index contributed by atoms with van der Waals surface area (Å²) < 4.78 is 40.3. The largest absolute Gasteiger partial charge is 0.586 e. The summed E-state index contributed by atoms with van der Waals surface area (Å²) in [6.45, 7) is 9.12. The molecule has 0 aliphatic carbocycles. The fourth-order valence-corrected chi connectivity index (χ4v) is 2.03. The standard InChI is InChI=1S/C15H11F2NO3/c1-4-8(2)14-13(18-9(3)19-14)10-5-6-11-12(7-10)21-15(16,17)20-11/h4-7H,1-2H2,3H3. The number of halogens is 2. The number of alkyl halides is 2. The molecule has 108 valence electrons. The highest BCUT2D eigenvalue weighted by Crippen LogP contribution is 2.43. The van der Waals surface area contributed by atoms with Crippen LogP contribution in [-0.2, 0) is 0 Å². The maximum absolute atomic E-state index is 13.0. The Balaban J connectivity index is 2.07. The summed E-state index contributed by atoms with van der Waals surface area (Å²) in [6.07, 6.45) is -2.11. The molecule has 0 saturated carbocycles. The Labute approximate surface area is 119 Å². The summed E-state index contributed by atoms with van der Waals surface area (Å²) in [5, 5.41) is 0. The van der Waals surface area contributed by atoms with Crippen LogP contribution in [-0.4, -0.2) is 11.3 Å². The zero-order chi connectivity index (χ0) is 15.2. The SMILES string of the molecule is C=CC(=C)c1oc(C)nc1-c1ccc2c(c1)OC(F)(F)O2. The van der Waals surface area contributed by atoms with E-state index < -0.39 is 6.29 Å². The van der Waals surface area contributed by atoms with Gasteiger partial charge in [0.05, 0.1) is 0 Å². The van der Waals surface area contributed by atoms with E-state index in [9.17, 15) is 8.78 Å². The maximum atomic E-state index is 13.0. The molecule has 0 fully saturated rings. The van der Waals surface area contributed by atoms with Gasteiger partial charge >= 0.3 is 6.29 Å². The molecule has 0 atom stereocenters. The average Bonchev–Trinajstić information content (AvgIpc) is 2.95. The molecule has 0 spiro atoms. The Bertz CT molecular complexity index is 749. The van der Waals surface area contributed by atoms with Gasteiger partial charge in [-0.1, -0.05) is 19.2 Å². The number of aryl methyl sites for hydroxylation is 1. The number of rotatable bonds is 3. The normalized spacial score (nSPS) is 15.0. The van der Waals surface area contributed by atoms with Crippen molar-refractivity contribution < 1.29 is 22.7 Å². The van der Waals surface area contributed by atoms with Gasteiger partial charge in [0, 0.05) is 18.1 Å². The predicted molar refractivity (Wildman–Crippen MR) is 72.1 cm³/mol. The summed E-state index contributed by atoms with van der Waals surface area (Å²) in [4.78, 5) is 4.25. The van der Waals surface area contributed by atoms with Crippen LogP contribution in [0.2, 0.25) is 0 Å². The van der Waals surface area contributed by atoms with Crippen LogP contribution in [0.15, 0.2) is 41.9 Å². The molecule has 0 N–H and O–H groups in total. The van der Waals surface area contributed by atoms with Crippen molar-refractivity contribution in [2.75, 3.05) is 0 Å². The first-order chi connectivity index (χ1) is 9.89. The van der Waals surface area contributed by atoms with Crippen molar-refractivity contribution in [2.24, 2.45) is 0 Å². The molecule has 0 saturated heterocycles. The molecule has 1 aromatic carbocycles. The van der Waals surface area contributed by atoms with Gasteiger partial charge in [-0.3, -0.25) is 0 Å². The lowest BCUT2D eigenvalue weighted by Gasteiger charge is -2.04. The molecule has 2 heterocycles. The van der Waals surface area contributed by atoms with Crippen molar-refractivity contribution in [1.29, 1.82) is 0 Å². The number of fused-ring (bicyclic) bond motifs is 1. The highest BCUT2D eigenvalue weighted by atomic mass is 19.3. The Morgan fingerprint density at radius 1 is 1.29 bits per heavy atom. The van der Waals surface area contributed by atoms with Crippen LogP contribution in [0.25, 0.3) is 16.8 Å². The lowest BCUT2D eigenvalue weighted by molar-refractivity contribution is -0.286. The van der Waals surface area contributed by atoms with Gasteiger partial charge in [0.15, 0.2) is 23.1 Å². The van der Waals surface area contributed by atoms with Gasteiger partial charge in [0.2, 0.25) is 0 Å². The third-order valence-electron chi connectivity index (χ3n) is 2.95. The second-order valence-electron chi connectivity index (χ2n) is 4.47. The van der Waals surface area contributed by atoms with Crippen LogP contribution in [0.5, 0.6) is 11.5 Å². The van der Waals surface area contributed by atoms with E-state index in [1.54, 1.807) is 13.0 Å². The van der Waals surface area contributed by atoms with E-state index in [1.807, 2.05) is 0 Å². The van der Waals surface area contributed by atoms with E-state index >= 15 is 0 Å². The monoisotopic (exact) mass is 291 g/mol. The van der Waals surface area contributed by atoms with Gasteiger partial charge in [0.25, 0.3) is 0 Å². The molecular formula is C15H11F2NO3. The maximum Gasteiger partial charge on any atom is 0.586 e. The fourth-order valence-electron chi connectivity index (χ4n) is 2.03. The van der Waals surface area contributed by atoms with Crippen LogP contribution in [0.3, 0.4) is 0 Å². The molecule has 0 bridgehead atoms. The van der Waals surface area contributed by atoms with E-state index in [2.05, 4.69) is 27.6 Å². The minimum Gasteiger partial charge on any atom is -0.440 e. The van der Waals surface area contributed by atoms with Gasteiger partial charge in [-0.15, -0.1) is 8.78 Å². The Kier molecular flexibility index (Phi) is 2.83. The molecule has 2 aromatic rings. The number of hydrogen-bond acceptors (Lipinski definition) is 4. The van der Waals surface area contributed by atoms with Crippen LogP contribution in [0.4, 0.5) is 8.78 Å². The smallest absolute Gasteiger partial charge is 0.440 e. The summed E-state index contributed by atoms with van der Waals surface area (Å²) in [7, 11) is 0. The number of ether oxygens (including phenoxy) is 2. The van der Waals surface area contributed by atoms with Gasteiger partial charge in [-0.25, -0.2) is 4.98 Å². The summed E-state index contributed by atoms with van der Waals surface area (Å²) in [5.41, 5.74) is 1.59. The van der Waals surface area contributed by atoms with E-state index in [0.717, 1.165) is 0 Å². The first-order valence-corrected chi connectivity index (χ1v) is 6.09. The number of nitrogens with zero attached hydrogens (tertiary/aromatic N) is 1. The summed E-state index contributed by atoms with van der Waals surface area (Å²) in [6, 6.07) is 4.42. The minimum atomic E-state index is -3.64. The Hall–Kier alpha value is -2.63. The molecule has 0 unspecified atom stereocenters. The molecule has 21 heavy (non-hydrogen) atoms. The number of aromatic nitrogens is 1.